The molecule has 0 N–H and O–H groups in total. The van der Waals surface area contributed by atoms with E-state index in [1.165, 1.54) is 0 Å². The first-order chi connectivity index (χ1) is 15.0. The van der Waals surface area contributed by atoms with Crippen molar-refractivity contribution in [2.75, 3.05) is 27.3 Å². The smallest absolute Gasteiger partial charge is 0.334 e. The Balaban J connectivity index is 1.52. The van der Waals surface area contributed by atoms with Crippen molar-refractivity contribution in [1.82, 2.24) is 14.7 Å². The van der Waals surface area contributed by atoms with Crippen LogP contribution in [-0.2, 0) is 14.4 Å². The van der Waals surface area contributed by atoms with E-state index in [1.807, 2.05) is 6.07 Å². The van der Waals surface area contributed by atoms with Crippen molar-refractivity contribution in [3.8, 4) is 11.5 Å². The van der Waals surface area contributed by atoms with Crippen LogP contribution in [0.1, 0.15) is 50.1 Å². The first-order valence-electron chi connectivity index (χ1n) is 10.7. The number of carbonyl (C=O) groups is 4. The molecule has 31 heavy (non-hydrogen) atoms. The van der Waals surface area contributed by atoms with Crippen LogP contribution in [-0.4, -0.2) is 71.8 Å². The quantitative estimate of drug-likeness (QED) is 0.508. The Morgan fingerprint density at radius 3 is 2.42 bits per heavy atom. The van der Waals surface area contributed by atoms with Gasteiger partial charge in [-0.2, -0.15) is 0 Å². The Bertz CT molecular complexity index is 911. The highest BCUT2D eigenvalue weighted by molar-refractivity contribution is 6.45. The summed E-state index contributed by atoms with van der Waals surface area (Å²) in [6.07, 6.45) is 4.77. The number of likely N-dealkylation sites (tertiary alicyclic amines) is 1. The molecule has 9 heteroatoms. The second-order valence-electron chi connectivity index (χ2n) is 8.14. The molecule has 0 bridgehead atoms. The van der Waals surface area contributed by atoms with Gasteiger partial charge in [0.1, 0.15) is 18.0 Å². The highest BCUT2D eigenvalue weighted by atomic mass is 16.5. The molecule has 2 saturated heterocycles. The molecule has 0 radical (unpaired) electrons. The minimum atomic E-state index is -0.917. The summed E-state index contributed by atoms with van der Waals surface area (Å²) in [5.74, 6) is -0.813. The Morgan fingerprint density at radius 1 is 1.00 bits per heavy atom. The fourth-order valence-electron chi connectivity index (χ4n) is 4.86. The monoisotopic (exact) mass is 429 g/mol. The van der Waals surface area contributed by atoms with E-state index in [0.717, 1.165) is 41.0 Å². The molecule has 0 aromatic heterocycles. The van der Waals surface area contributed by atoms with Crippen LogP contribution < -0.4 is 9.47 Å². The summed E-state index contributed by atoms with van der Waals surface area (Å²) in [4.78, 5) is 54.3. The van der Waals surface area contributed by atoms with Crippen LogP contribution in [0.2, 0.25) is 0 Å². The van der Waals surface area contributed by atoms with Gasteiger partial charge in [0.2, 0.25) is 5.91 Å². The zero-order chi connectivity index (χ0) is 22.1. The van der Waals surface area contributed by atoms with Crippen molar-refractivity contribution in [3.05, 3.63) is 23.8 Å². The Kier molecular flexibility index (Phi) is 5.84. The lowest BCUT2D eigenvalue weighted by atomic mass is 10.0. The van der Waals surface area contributed by atoms with E-state index in [4.69, 9.17) is 9.47 Å². The van der Waals surface area contributed by atoms with Gasteiger partial charge in [-0.05, 0) is 43.9 Å². The van der Waals surface area contributed by atoms with Crippen molar-refractivity contribution < 1.29 is 28.7 Å². The molecule has 0 spiro atoms. The maximum Gasteiger partial charge on any atom is 0.334 e. The Hall–Kier alpha value is -3.10. The Morgan fingerprint density at radius 2 is 1.74 bits per heavy atom. The number of methoxy groups -OCH3 is 2. The average molecular weight is 429 g/mol. The lowest BCUT2D eigenvalue weighted by Gasteiger charge is -2.28. The number of amides is 5. The summed E-state index contributed by atoms with van der Waals surface area (Å²) in [5.41, 5.74) is 0.815. The third-order valence-corrected chi connectivity index (χ3v) is 6.44. The molecule has 1 saturated carbocycles. The molecule has 4 rings (SSSR count). The lowest BCUT2D eigenvalue weighted by molar-refractivity contribution is -0.145. The van der Waals surface area contributed by atoms with E-state index in [2.05, 4.69) is 0 Å². The van der Waals surface area contributed by atoms with Crippen LogP contribution in [0.5, 0.6) is 11.5 Å². The number of benzene rings is 1. The predicted octanol–water partition coefficient (Wildman–Crippen LogP) is 2.10. The van der Waals surface area contributed by atoms with E-state index in [-0.39, 0.29) is 18.0 Å². The number of urea groups is 1. The molecule has 2 heterocycles. The van der Waals surface area contributed by atoms with E-state index in [0.29, 0.717) is 30.9 Å². The summed E-state index contributed by atoms with van der Waals surface area (Å²) in [7, 11) is 3.14. The number of imide groups is 2. The summed E-state index contributed by atoms with van der Waals surface area (Å²) in [6, 6.07) is 4.24. The van der Waals surface area contributed by atoms with E-state index < -0.39 is 24.4 Å². The first kappa shape index (κ1) is 21.1. The van der Waals surface area contributed by atoms with Gasteiger partial charge in [-0.3, -0.25) is 19.3 Å². The maximum absolute atomic E-state index is 13.1. The van der Waals surface area contributed by atoms with Gasteiger partial charge in [0.25, 0.3) is 0 Å². The molecule has 3 aliphatic rings. The van der Waals surface area contributed by atoms with Crippen LogP contribution >= 0.6 is 0 Å². The van der Waals surface area contributed by atoms with Gasteiger partial charge >= 0.3 is 17.8 Å². The number of nitrogens with zero attached hydrogens (tertiary/aromatic N) is 3. The Labute approximate surface area is 180 Å². The van der Waals surface area contributed by atoms with Gasteiger partial charge in [-0.25, -0.2) is 9.69 Å². The summed E-state index contributed by atoms with van der Waals surface area (Å²) in [6.45, 7) is 0.0653. The SMILES string of the molecule is COc1ccc(OC)c(C2CCCN2C(=O)CN2C(=O)C(=O)N(C3CCCC3)C2=O)c1. The fraction of sp³-hybridized carbons (Fsp3) is 0.545. The topological polar surface area (TPSA) is 96.5 Å². The molecule has 1 aromatic rings. The van der Waals surface area contributed by atoms with Gasteiger partial charge in [-0.15, -0.1) is 0 Å². The molecular weight excluding hydrogens is 402 g/mol. The molecule has 2 aliphatic heterocycles. The van der Waals surface area contributed by atoms with Crippen LogP contribution in [0.15, 0.2) is 18.2 Å². The van der Waals surface area contributed by atoms with Gasteiger partial charge in [-0.1, -0.05) is 12.8 Å². The van der Waals surface area contributed by atoms with E-state index in [1.54, 1.807) is 31.3 Å². The van der Waals surface area contributed by atoms with Crippen molar-refractivity contribution >= 4 is 23.8 Å². The minimum Gasteiger partial charge on any atom is -0.497 e. The number of hydrogen-bond acceptors (Lipinski definition) is 6. The van der Waals surface area contributed by atoms with Crippen molar-refractivity contribution in [1.29, 1.82) is 0 Å². The van der Waals surface area contributed by atoms with Crippen LogP contribution in [0, 0.1) is 0 Å². The number of rotatable bonds is 6. The van der Waals surface area contributed by atoms with Gasteiger partial charge in [0.15, 0.2) is 0 Å². The van der Waals surface area contributed by atoms with Crippen LogP contribution in [0.25, 0.3) is 0 Å². The molecule has 166 valence electrons. The highest BCUT2D eigenvalue weighted by Gasteiger charge is 2.49. The predicted molar refractivity (Wildman–Crippen MR) is 109 cm³/mol. The third-order valence-electron chi connectivity index (χ3n) is 6.44. The third kappa shape index (κ3) is 3.73. The molecule has 1 atom stereocenters. The largest absolute Gasteiger partial charge is 0.497 e. The normalized spacial score (nSPS) is 22.1. The highest BCUT2D eigenvalue weighted by Crippen LogP contribution is 2.39. The average Bonchev–Trinajstić information content (AvgIpc) is 3.51. The van der Waals surface area contributed by atoms with Gasteiger partial charge in [0.05, 0.1) is 20.3 Å². The minimum absolute atomic E-state index is 0.246. The van der Waals surface area contributed by atoms with Crippen molar-refractivity contribution in [2.45, 2.75) is 50.6 Å². The first-order valence-corrected chi connectivity index (χ1v) is 10.7. The standard InChI is InChI=1S/C22H27N3O6/c1-30-15-9-10-18(31-2)16(12-15)17-8-5-11-23(17)19(26)13-24-20(27)21(28)25(22(24)29)14-6-3-4-7-14/h9-10,12,14,17H,3-8,11,13H2,1-2H3. The molecule has 1 unspecified atom stereocenters. The van der Waals surface area contributed by atoms with E-state index in [9.17, 15) is 19.2 Å². The van der Waals surface area contributed by atoms with Crippen molar-refractivity contribution in [3.63, 3.8) is 0 Å². The van der Waals surface area contributed by atoms with E-state index >= 15 is 0 Å². The summed E-state index contributed by atoms with van der Waals surface area (Å²) in [5, 5.41) is 0. The maximum atomic E-state index is 13.1. The van der Waals surface area contributed by atoms with Gasteiger partial charge in [0, 0.05) is 18.2 Å². The summed E-state index contributed by atoms with van der Waals surface area (Å²) >= 11 is 0. The number of carbonyl (C=O) groups excluding carboxylic acids is 4. The zero-order valence-corrected chi connectivity index (χ0v) is 17.8. The number of ether oxygens (including phenoxy) is 2. The molecule has 1 aliphatic carbocycles. The second-order valence-corrected chi connectivity index (χ2v) is 8.14. The molecule has 1 aromatic carbocycles. The number of hydrogen-bond donors (Lipinski definition) is 0. The summed E-state index contributed by atoms with van der Waals surface area (Å²) < 4.78 is 10.8. The van der Waals surface area contributed by atoms with Gasteiger partial charge < -0.3 is 14.4 Å². The van der Waals surface area contributed by atoms with Crippen LogP contribution in [0.3, 0.4) is 0 Å². The lowest BCUT2D eigenvalue weighted by Crippen LogP contribution is -2.44. The molecule has 5 amide bonds. The second kappa shape index (κ2) is 8.56. The van der Waals surface area contributed by atoms with Crippen molar-refractivity contribution in [2.24, 2.45) is 0 Å². The fourth-order valence-corrected chi connectivity index (χ4v) is 4.86. The van der Waals surface area contributed by atoms with Crippen LogP contribution in [0.4, 0.5) is 4.79 Å². The molecule has 3 fully saturated rings. The molecule has 9 nitrogen and oxygen atoms in total. The molecular formula is C22H27N3O6. The zero-order valence-electron chi connectivity index (χ0n) is 17.8.